The van der Waals surface area contributed by atoms with E-state index >= 15 is 0 Å². The maximum atomic E-state index is 13.8. The molecular weight excluding hydrogens is 507 g/mol. The summed E-state index contributed by atoms with van der Waals surface area (Å²) in [6.45, 7) is 2.55. The third kappa shape index (κ3) is 4.70. The van der Waals surface area contributed by atoms with Crippen LogP contribution in [0.5, 0.6) is 5.88 Å². The van der Waals surface area contributed by atoms with Crippen LogP contribution in [0.2, 0.25) is 0 Å². The summed E-state index contributed by atoms with van der Waals surface area (Å²) in [7, 11) is 1.62. The number of aromatic nitrogens is 1. The van der Waals surface area contributed by atoms with Crippen LogP contribution in [-0.2, 0) is 0 Å². The molecule has 1 saturated heterocycles. The van der Waals surface area contributed by atoms with Gasteiger partial charge in [0.15, 0.2) is 0 Å². The summed E-state index contributed by atoms with van der Waals surface area (Å²) in [5.74, 6) is -0.104. The standard InChI is InChI=1S/C29H28BrFN2O2/c1-18-14-22(31)9-10-23(18)26-17-29(34,12-13-32-26)27(19-6-4-3-5-7-19)24-16-20-15-21(30)8-11-25(20)33-28(24)35-2/h3-11,14-16,26-27,32,34H,12-13,17H2,1-2H3. The first-order valence-corrected chi connectivity index (χ1v) is 12.6. The Labute approximate surface area is 213 Å². The number of nitrogens with one attached hydrogen (secondary N) is 1. The van der Waals surface area contributed by atoms with Crippen LogP contribution in [0, 0.1) is 12.7 Å². The monoisotopic (exact) mass is 534 g/mol. The zero-order valence-corrected chi connectivity index (χ0v) is 21.3. The molecule has 1 fully saturated rings. The molecule has 1 aliphatic rings. The van der Waals surface area contributed by atoms with E-state index in [0.29, 0.717) is 25.3 Å². The molecular formula is C29H28BrFN2O2. The number of halogens is 2. The van der Waals surface area contributed by atoms with Gasteiger partial charge in [-0.05, 0) is 79.4 Å². The van der Waals surface area contributed by atoms with E-state index in [2.05, 4.69) is 27.3 Å². The first kappa shape index (κ1) is 23.9. The van der Waals surface area contributed by atoms with Crippen molar-refractivity contribution in [3.05, 3.63) is 105 Å². The Balaban J connectivity index is 1.65. The molecule has 0 aliphatic carbocycles. The molecule has 0 bridgehead atoms. The van der Waals surface area contributed by atoms with Gasteiger partial charge in [0.05, 0.1) is 18.2 Å². The van der Waals surface area contributed by atoms with E-state index in [4.69, 9.17) is 9.72 Å². The number of hydrogen-bond acceptors (Lipinski definition) is 4. The SMILES string of the molecule is COc1nc2ccc(Br)cc2cc1C(c1ccccc1)C1(O)CCNC(c2ccc(F)cc2C)C1. The molecule has 0 spiro atoms. The highest BCUT2D eigenvalue weighted by molar-refractivity contribution is 9.10. The van der Waals surface area contributed by atoms with Crippen molar-refractivity contribution in [2.24, 2.45) is 0 Å². The fourth-order valence-electron chi connectivity index (χ4n) is 5.44. The maximum Gasteiger partial charge on any atom is 0.217 e. The van der Waals surface area contributed by atoms with E-state index in [-0.39, 0.29) is 17.8 Å². The van der Waals surface area contributed by atoms with Crippen LogP contribution in [0.25, 0.3) is 10.9 Å². The van der Waals surface area contributed by atoms with Crippen molar-refractivity contribution in [3.8, 4) is 5.88 Å². The van der Waals surface area contributed by atoms with Crippen molar-refractivity contribution >= 4 is 26.8 Å². The van der Waals surface area contributed by atoms with Gasteiger partial charge in [-0.25, -0.2) is 9.37 Å². The van der Waals surface area contributed by atoms with Crippen LogP contribution in [0.1, 0.15) is 47.1 Å². The second-order valence-corrected chi connectivity index (χ2v) is 10.2. The van der Waals surface area contributed by atoms with E-state index in [1.165, 1.54) is 6.07 Å². The maximum absolute atomic E-state index is 13.8. The summed E-state index contributed by atoms with van der Waals surface area (Å²) in [5.41, 5.74) is 3.48. The molecule has 3 atom stereocenters. The largest absolute Gasteiger partial charge is 0.481 e. The number of pyridine rings is 1. The minimum Gasteiger partial charge on any atom is -0.481 e. The Morgan fingerprint density at radius 3 is 2.66 bits per heavy atom. The van der Waals surface area contributed by atoms with E-state index in [0.717, 1.165) is 37.6 Å². The van der Waals surface area contributed by atoms with Gasteiger partial charge in [-0.2, -0.15) is 0 Å². The van der Waals surface area contributed by atoms with Crippen molar-refractivity contribution in [3.63, 3.8) is 0 Å². The van der Waals surface area contributed by atoms with Gasteiger partial charge >= 0.3 is 0 Å². The van der Waals surface area contributed by atoms with Crippen LogP contribution < -0.4 is 10.1 Å². The third-order valence-electron chi connectivity index (χ3n) is 7.06. The van der Waals surface area contributed by atoms with Gasteiger partial charge in [-0.15, -0.1) is 0 Å². The average molecular weight is 535 g/mol. The number of piperidine rings is 1. The summed E-state index contributed by atoms with van der Waals surface area (Å²) >= 11 is 3.56. The Morgan fingerprint density at radius 1 is 1.11 bits per heavy atom. The lowest BCUT2D eigenvalue weighted by Gasteiger charge is -2.44. The van der Waals surface area contributed by atoms with Crippen molar-refractivity contribution < 1.29 is 14.2 Å². The molecule has 1 aliphatic heterocycles. The second-order valence-electron chi connectivity index (χ2n) is 9.33. The van der Waals surface area contributed by atoms with Crippen molar-refractivity contribution in [1.82, 2.24) is 10.3 Å². The normalized spacial score (nSPS) is 21.1. The van der Waals surface area contributed by atoms with Gasteiger partial charge in [-0.1, -0.05) is 52.3 Å². The summed E-state index contributed by atoms with van der Waals surface area (Å²) < 4.78 is 20.5. The Hall–Kier alpha value is -2.80. The topological polar surface area (TPSA) is 54.4 Å². The summed E-state index contributed by atoms with van der Waals surface area (Å²) in [5, 5.41) is 16.9. The second kappa shape index (κ2) is 9.69. The Bertz CT molecular complexity index is 1360. The molecule has 180 valence electrons. The number of aliphatic hydroxyl groups is 1. The third-order valence-corrected chi connectivity index (χ3v) is 7.55. The van der Waals surface area contributed by atoms with Crippen LogP contribution in [-0.4, -0.2) is 29.3 Å². The highest BCUT2D eigenvalue weighted by Crippen LogP contribution is 2.47. The number of ether oxygens (including phenoxy) is 1. The van der Waals surface area contributed by atoms with Crippen LogP contribution in [0.4, 0.5) is 4.39 Å². The highest BCUT2D eigenvalue weighted by atomic mass is 79.9. The summed E-state index contributed by atoms with van der Waals surface area (Å²) in [4.78, 5) is 4.80. The molecule has 0 saturated carbocycles. The van der Waals surface area contributed by atoms with Crippen LogP contribution in [0.15, 0.2) is 77.3 Å². The fraction of sp³-hybridized carbons (Fsp3) is 0.276. The van der Waals surface area contributed by atoms with Gasteiger partial charge < -0.3 is 15.2 Å². The molecule has 3 unspecified atom stereocenters. The number of benzene rings is 3. The predicted octanol–water partition coefficient (Wildman–Crippen LogP) is 6.44. The van der Waals surface area contributed by atoms with Crippen LogP contribution in [0.3, 0.4) is 0 Å². The first-order chi connectivity index (χ1) is 16.9. The predicted molar refractivity (Wildman–Crippen MR) is 140 cm³/mol. The van der Waals surface area contributed by atoms with E-state index in [9.17, 15) is 9.50 Å². The fourth-order valence-corrected chi connectivity index (χ4v) is 5.82. The molecule has 4 aromatic rings. The van der Waals surface area contributed by atoms with Gasteiger partial charge in [-0.3, -0.25) is 0 Å². The molecule has 2 heterocycles. The molecule has 4 nitrogen and oxygen atoms in total. The lowest BCUT2D eigenvalue weighted by atomic mass is 9.70. The quantitative estimate of drug-likeness (QED) is 0.309. The lowest BCUT2D eigenvalue weighted by Crippen LogP contribution is -2.48. The van der Waals surface area contributed by atoms with Crippen molar-refractivity contribution in [1.29, 1.82) is 0 Å². The van der Waals surface area contributed by atoms with Gasteiger partial charge in [0.25, 0.3) is 0 Å². The molecule has 1 aromatic heterocycles. The molecule has 0 amide bonds. The molecule has 0 radical (unpaired) electrons. The van der Waals surface area contributed by atoms with E-state index < -0.39 is 5.60 Å². The molecule has 35 heavy (non-hydrogen) atoms. The van der Waals surface area contributed by atoms with Gasteiger partial charge in [0, 0.05) is 27.4 Å². The average Bonchev–Trinajstić information content (AvgIpc) is 2.84. The zero-order chi connectivity index (χ0) is 24.6. The van der Waals surface area contributed by atoms with Gasteiger partial charge in [0.2, 0.25) is 5.88 Å². The van der Waals surface area contributed by atoms with E-state index in [1.807, 2.05) is 61.5 Å². The van der Waals surface area contributed by atoms with E-state index in [1.54, 1.807) is 13.2 Å². The number of methoxy groups -OCH3 is 1. The smallest absolute Gasteiger partial charge is 0.217 e. The summed E-state index contributed by atoms with van der Waals surface area (Å²) in [6, 6.07) is 22.8. The zero-order valence-electron chi connectivity index (χ0n) is 19.8. The number of aryl methyl sites for hydroxylation is 1. The van der Waals surface area contributed by atoms with Crippen molar-refractivity contribution in [2.45, 2.75) is 37.3 Å². The Morgan fingerprint density at radius 2 is 1.91 bits per heavy atom. The van der Waals surface area contributed by atoms with Gasteiger partial charge in [0.1, 0.15) is 5.82 Å². The Kier molecular flexibility index (Phi) is 6.62. The van der Waals surface area contributed by atoms with Crippen molar-refractivity contribution in [2.75, 3.05) is 13.7 Å². The summed E-state index contributed by atoms with van der Waals surface area (Å²) in [6.07, 6.45) is 1.03. The molecule has 2 N–H and O–H groups in total. The molecule has 3 aromatic carbocycles. The number of fused-ring (bicyclic) bond motifs is 1. The number of hydrogen-bond donors (Lipinski definition) is 2. The number of nitrogens with zero attached hydrogens (tertiary/aromatic N) is 1. The lowest BCUT2D eigenvalue weighted by molar-refractivity contribution is -0.0197. The van der Waals surface area contributed by atoms with Crippen LogP contribution >= 0.6 is 15.9 Å². The highest BCUT2D eigenvalue weighted by Gasteiger charge is 2.44. The molecule has 6 heteroatoms. The number of rotatable bonds is 5. The first-order valence-electron chi connectivity index (χ1n) is 11.8. The minimum atomic E-state index is -1.08. The molecule has 5 rings (SSSR count). The minimum absolute atomic E-state index is 0.103.